The molecule has 0 spiro atoms. The largest absolute Gasteiger partial charge is 0.336 e. The van der Waals surface area contributed by atoms with Crippen molar-refractivity contribution in [3.63, 3.8) is 0 Å². The number of allylic oxidation sites excluding steroid dienone is 3. The van der Waals surface area contributed by atoms with Crippen LogP contribution in [0.5, 0.6) is 0 Å². The van der Waals surface area contributed by atoms with E-state index in [0.29, 0.717) is 6.54 Å². The molecule has 9 aromatic carbocycles. The number of benzene rings is 9. The topological polar surface area (TPSA) is 8.17 Å². The van der Waals surface area contributed by atoms with Gasteiger partial charge in [0.05, 0.1) is 11.1 Å². The molecular formula is C62H48N2. The van der Waals surface area contributed by atoms with Gasteiger partial charge in [-0.2, -0.15) is 0 Å². The molecule has 1 heterocycles. The van der Waals surface area contributed by atoms with Crippen LogP contribution in [0.1, 0.15) is 35.6 Å². The SMILES string of the molecule is CC/C=C\C(=C/Cn1c2ccccc2c2ccccc21)N(c1ccc(C2(c3ccccc3)c3ccccc3-c3ccccc32)cc1)c1ccccc1-c1ccc(-c2ccccc2)cc1. The number of anilines is 2. The maximum Gasteiger partial charge on any atom is 0.0713 e. The van der Waals surface area contributed by atoms with Gasteiger partial charge in [0, 0.05) is 45.3 Å². The van der Waals surface area contributed by atoms with Gasteiger partial charge in [-0.25, -0.2) is 0 Å². The van der Waals surface area contributed by atoms with Crippen LogP contribution in [-0.2, 0) is 12.0 Å². The molecule has 11 rings (SSSR count). The minimum atomic E-state index is -0.479. The molecule has 0 aliphatic heterocycles. The summed E-state index contributed by atoms with van der Waals surface area (Å²) in [5.74, 6) is 0. The third-order valence-electron chi connectivity index (χ3n) is 13.1. The van der Waals surface area contributed by atoms with E-state index in [4.69, 9.17) is 0 Å². The van der Waals surface area contributed by atoms with Crippen molar-refractivity contribution in [3.05, 3.63) is 277 Å². The van der Waals surface area contributed by atoms with Crippen LogP contribution in [0.4, 0.5) is 11.4 Å². The zero-order valence-corrected chi connectivity index (χ0v) is 36.0. The molecule has 10 aromatic rings. The van der Waals surface area contributed by atoms with Crippen molar-refractivity contribution in [1.29, 1.82) is 0 Å². The minimum Gasteiger partial charge on any atom is -0.336 e. The quantitative estimate of drug-likeness (QED) is 0.118. The van der Waals surface area contributed by atoms with Crippen LogP contribution in [0, 0.1) is 0 Å². The lowest BCUT2D eigenvalue weighted by Gasteiger charge is -2.35. The van der Waals surface area contributed by atoms with Gasteiger partial charge < -0.3 is 9.47 Å². The van der Waals surface area contributed by atoms with Gasteiger partial charge in [0.25, 0.3) is 0 Å². The van der Waals surface area contributed by atoms with Crippen molar-refractivity contribution in [2.75, 3.05) is 4.90 Å². The fourth-order valence-electron chi connectivity index (χ4n) is 10.2. The van der Waals surface area contributed by atoms with Crippen LogP contribution in [0.3, 0.4) is 0 Å². The smallest absolute Gasteiger partial charge is 0.0713 e. The Morgan fingerprint density at radius 1 is 0.453 bits per heavy atom. The minimum absolute atomic E-state index is 0.479. The predicted octanol–water partition coefficient (Wildman–Crippen LogP) is 16.2. The first-order chi connectivity index (χ1) is 31.7. The maximum absolute atomic E-state index is 2.47. The van der Waals surface area contributed by atoms with Crippen molar-refractivity contribution in [2.45, 2.75) is 25.3 Å². The van der Waals surface area contributed by atoms with Crippen molar-refractivity contribution in [1.82, 2.24) is 4.57 Å². The Morgan fingerprint density at radius 3 is 1.56 bits per heavy atom. The summed E-state index contributed by atoms with van der Waals surface area (Å²) >= 11 is 0. The van der Waals surface area contributed by atoms with Gasteiger partial charge in [0.2, 0.25) is 0 Å². The van der Waals surface area contributed by atoms with Crippen molar-refractivity contribution >= 4 is 33.2 Å². The average molecular weight is 821 g/mol. The summed E-state index contributed by atoms with van der Waals surface area (Å²) in [7, 11) is 0. The van der Waals surface area contributed by atoms with Crippen molar-refractivity contribution in [2.24, 2.45) is 0 Å². The lowest BCUT2D eigenvalue weighted by molar-refractivity contribution is 0.768. The zero-order chi connectivity index (χ0) is 42.9. The second-order valence-corrected chi connectivity index (χ2v) is 16.6. The van der Waals surface area contributed by atoms with Crippen LogP contribution >= 0.6 is 0 Å². The molecule has 1 aromatic heterocycles. The Bertz CT molecular complexity index is 3220. The van der Waals surface area contributed by atoms with Crippen LogP contribution < -0.4 is 4.90 Å². The normalized spacial score (nSPS) is 13.0. The van der Waals surface area contributed by atoms with Gasteiger partial charge in [0.15, 0.2) is 0 Å². The summed E-state index contributed by atoms with van der Waals surface area (Å²) in [5.41, 5.74) is 17.8. The van der Waals surface area contributed by atoms with Gasteiger partial charge in [-0.3, -0.25) is 0 Å². The van der Waals surface area contributed by atoms with Crippen molar-refractivity contribution in [3.8, 4) is 33.4 Å². The van der Waals surface area contributed by atoms with Crippen LogP contribution in [-0.4, -0.2) is 4.57 Å². The average Bonchev–Trinajstić information content (AvgIpc) is 3.86. The first kappa shape index (κ1) is 38.9. The van der Waals surface area contributed by atoms with E-state index in [1.165, 1.54) is 77.4 Å². The molecule has 0 amide bonds. The van der Waals surface area contributed by atoms with Gasteiger partial charge >= 0.3 is 0 Å². The van der Waals surface area contributed by atoms with E-state index in [2.05, 4.69) is 265 Å². The Morgan fingerprint density at radius 2 is 0.938 bits per heavy atom. The number of nitrogens with zero attached hydrogens (tertiary/aromatic N) is 2. The molecule has 0 bridgehead atoms. The van der Waals surface area contributed by atoms with Crippen LogP contribution in [0.25, 0.3) is 55.2 Å². The first-order valence-corrected chi connectivity index (χ1v) is 22.5. The molecule has 0 fully saturated rings. The zero-order valence-electron chi connectivity index (χ0n) is 36.0. The number of aromatic nitrogens is 1. The number of hydrogen-bond acceptors (Lipinski definition) is 1. The third kappa shape index (κ3) is 6.58. The molecule has 2 nitrogen and oxygen atoms in total. The Kier molecular flexibility index (Phi) is 10.2. The molecule has 0 saturated heterocycles. The highest BCUT2D eigenvalue weighted by atomic mass is 15.2. The van der Waals surface area contributed by atoms with Gasteiger partial charge in [-0.15, -0.1) is 0 Å². The molecule has 0 unspecified atom stereocenters. The van der Waals surface area contributed by atoms with Gasteiger partial charge in [-0.1, -0.05) is 213 Å². The third-order valence-corrected chi connectivity index (χ3v) is 13.1. The number of rotatable bonds is 11. The fraction of sp³-hybridized carbons (Fsp3) is 0.0645. The second-order valence-electron chi connectivity index (χ2n) is 16.6. The lowest BCUT2D eigenvalue weighted by Crippen LogP contribution is -2.28. The summed E-state index contributed by atoms with van der Waals surface area (Å²) in [4.78, 5) is 2.47. The molecule has 0 atom stereocenters. The Hall–Kier alpha value is -7.94. The van der Waals surface area contributed by atoms with E-state index < -0.39 is 5.41 Å². The van der Waals surface area contributed by atoms with Gasteiger partial charge in [0.1, 0.15) is 0 Å². The maximum atomic E-state index is 2.47. The molecule has 306 valence electrons. The van der Waals surface area contributed by atoms with E-state index in [1.807, 2.05) is 0 Å². The number of para-hydroxylation sites is 3. The molecule has 0 N–H and O–H groups in total. The van der Waals surface area contributed by atoms with E-state index >= 15 is 0 Å². The van der Waals surface area contributed by atoms with Crippen LogP contribution in [0.2, 0.25) is 0 Å². The van der Waals surface area contributed by atoms with Crippen molar-refractivity contribution < 1.29 is 0 Å². The number of hydrogen-bond donors (Lipinski definition) is 0. The molecule has 0 saturated carbocycles. The summed E-state index contributed by atoms with van der Waals surface area (Å²) in [6.07, 6.45) is 7.92. The monoisotopic (exact) mass is 820 g/mol. The van der Waals surface area contributed by atoms with E-state index in [-0.39, 0.29) is 0 Å². The van der Waals surface area contributed by atoms with E-state index in [0.717, 1.165) is 23.5 Å². The molecule has 1 aliphatic rings. The lowest BCUT2D eigenvalue weighted by atomic mass is 9.68. The van der Waals surface area contributed by atoms with Gasteiger partial charge in [-0.05, 0) is 99.0 Å². The standard InChI is InChI=1S/C62H48N2/c1-2-3-24-50(43-44-63-59-32-17-13-28-55(59)56-29-14-18-33-60(56)63)64(61-34-19-12-25-52(61)47-37-35-46(36-38-47)45-20-6-4-7-21-45)51-41-39-49(40-42-51)62(48-22-8-5-9-23-48)57-30-15-10-26-53(57)54-27-11-16-31-58(54)62/h3-43H,2,44H2,1H3/b24-3-,50-43+. The molecular weight excluding hydrogens is 773 g/mol. The Balaban J connectivity index is 1.10. The van der Waals surface area contributed by atoms with Crippen LogP contribution in [0.15, 0.2) is 254 Å². The summed E-state index contributed by atoms with van der Waals surface area (Å²) in [5, 5.41) is 2.55. The Labute approximate surface area is 376 Å². The number of fused-ring (bicyclic) bond motifs is 6. The van der Waals surface area contributed by atoms with E-state index in [1.54, 1.807) is 0 Å². The molecule has 2 heteroatoms. The molecule has 64 heavy (non-hydrogen) atoms. The second kappa shape index (κ2) is 16.7. The highest BCUT2D eigenvalue weighted by Gasteiger charge is 2.45. The highest BCUT2D eigenvalue weighted by Crippen LogP contribution is 2.56. The van der Waals surface area contributed by atoms with E-state index in [9.17, 15) is 0 Å². The summed E-state index contributed by atoms with van der Waals surface area (Å²) in [6, 6.07) is 84.5. The summed E-state index contributed by atoms with van der Waals surface area (Å²) in [6.45, 7) is 2.91. The highest BCUT2D eigenvalue weighted by molar-refractivity contribution is 6.08. The first-order valence-electron chi connectivity index (χ1n) is 22.5. The summed E-state index contributed by atoms with van der Waals surface area (Å²) < 4.78 is 2.46. The fourth-order valence-corrected chi connectivity index (χ4v) is 10.2. The molecule has 1 aliphatic carbocycles. The predicted molar refractivity (Wildman–Crippen MR) is 270 cm³/mol. The molecule has 0 radical (unpaired) electrons.